The maximum Gasteiger partial charge on any atom is 0.434 e. The van der Waals surface area contributed by atoms with Gasteiger partial charge in [0.05, 0.1) is 12.2 Å². The fourth-order valence-electron chi connectivity index (χ4n) is 4.12. The molecule has 3 heterocycles. The minimum Gasteiger partial charge on any atom is -0.424 e. The summed E-state index contributed by atoms with van der Waals surface area (Å²) >= 11 is 0. The van der Waals surface area contributed by atoms with Gasteiger partial charge >= 0.3 is 12.0 Å². The van der Waals surface area contributed by atoms with E-state index in [9.17, 15) is 10.1 Å². The molecule has 0 saturated carbocycles. The van der Waals surface area contributed by atoms with Crippen LogP contribution in [0.15, 0.2) is 79.4 Å². The highest BCUT2D eigenvalue weighted by molar-refractivity contribution is 5.95. The third-order valence-electron chi connectivity index (χ3n) is 5.88. The van der Waals surface area contributed by atoms with Gasteiger partial charge in [-0.25, -0.2) is 9.55 Å². The highest BCUT2D eigenvalue weighted by Crippen LogP contribution is 2.30. The van der Waals surface area contributed by atoms with Crippen molar-refractivity contribution < 1.29 is 9.66 Å². The zero-order valence-electron chi connectivity index (χ0n) is 19.7. The molecule has 3 aromatic heterocycles. The highest BCUT2D eigenvalue weighted by atomic mass is 16.6. The summed E-state index contributed by atoms with van der Waals surface area (Å²) < 4.78 is 9.55. The van der Waals surface area contributed by atoms with Crippen LogP contribution in [0.4, 0.5) is 11.6 Å². The summed E-state index contributed by atoms with van der Waals surface area (Å²) in [7, 11) is 2.02. The minimum absolute atomic E-state index is 0.120. The van der Waals surface area contributed by atoms with Crippen molar-refractivity contribution in [1.29, 1.82) is 0 Å². The number of nitro groups is 1. The number of aryl methyl sites for hydroxylation is 2. The summed E-state index contributed by atoms with van der Waals surface area (Å²) in [6.07, 6.45) is 8.51. The van der Waals surface area contributed by atoms with Gasteiger partial charge in [0.1, 0.15) is 18.1 Å². The van der Waals surface area contributed by atoms with E-state index in [1.54, 1.807) is 17.0 Å². The number of para-hydroxylation sites is 1. The summed E-state index contributed by atoms with van der Waals surface area (Å²) in [6.45, 7) is 1.31. The Morgan fingerprint density at radius 2 is 1.86 bits per heavy atom. The van der Waals surface area contributed by atoms with Crippen molar-refractivity contribution in [2.75, 3.05) is 11.9 Å². The van der Waals surface area contributed by atoms with E-state index >= 15 is 0 Å². The fourth-order valence-corrected chi connectivity index (χ4v) is 4.12. The van der Waals surface area contributed by atoms with Crippen LogP contribution in [0.5, 0.6) is 11.8 Å². The Morgan fingerprint density at radius 3 is 2.69 bits per heavy atom. The van der Waals surface area contributed by atoms with E-state index in [1.807, 2.05) is 49.5 Å². The van der Waals surface area contributed by atoms with Gasteiger partial charge in [-0.15, -0.1) is 0 Å². The number of nitrogens with zero attached hydrogens (tertiary/aromatic N) is 6. The second-order valence-electron chi connectivity index (χ2n) is 8.33. The zero-order chi connectivity index (χ0) is 24.9. The number of fused-ring (bicyclic) bond motifs is 1. The normalized spacial score (nSPS) is 11.0. The van der Waals surface area contributed by atoms with Crippen molar-refractivity contribution in [2.24, 2.45) is 7.05 Å². The Morgan fingerprint density at radius 1 is 1.03 bits per heavy atom. The Labute approximate surface area is 207 Å². The summed E-state index contributed by atoms with van der Waals surface area (Å²) in [4.78, 5) is 23.1. The van der Waals surface area contributed by atoms with Gasteiger partial charge in [-0.05, 0) is 54.2 Å². The van der Waals surface area contributed by atoms with Gasteiger partial charge < -0.3 is 24.7 Å². The number of imidazole rings is 1. The molecule has 10 nitrogen and oxygen atoms in total. The first kappa shape index (κ1) is 23.0. The summed E-state index contributed by atoms with van der Waals surface area (Å²) in [5.41, 5.74) is 3.93. The molecule has 10 heteroatoms. The second-order valence-corrected chi connectivity index (χ2v) is 8.33. The van der Waals surface area contributed by atoms with Gasteiger partial charge in [-0.3, -0.25) is 0 Å². The van der Waals surface area contributed by atoms with Crippen LogP contribution in [0.3, 0.4) is 0 Å². The molecule has 0 spiro atoms. The van der Waals surface area contributed by atoms with E-state index in [2.05, 4.69) is 43.2 Å². The molecule has 0 aliphatic rings. The Balaban J connectivity index is 1.15. The van der Waals surface area contributed by atoms with Gasteiger partial charge in [0.15, 0.2) is 0 Å². The predicted octanol–water partition coefficient (Wildman–Crippen LogP) is 5.42. The van der Waals surface area contributed by atoms with Gasteiger partial charge in [0.25, 0.3) is 0 Å². The van der Waals surface area contributed by atoms with Crippen molar-refractivity contribution in [3.05, 3.63) is 89.5 Å². The van der Waals surface area contributed by atoms with Crippen molar-refractivity contribution in [1.82, 2.24) is 24.1 Å². The van der Waals surface area contributed by atoms with Crippen molar-refractivity contribution in [3.8, 4) is 23.0 Å². The molecule has 2 aromatic carbocycles. The maximum atomic E-state index is 10.9. The first-order valence-corrected chi connectivity index (χ1v) is 11.6. The molecule has 0 fully saturated rings. The number of rotatable bonds is 10. The third-order valence-corrected chi connectivity index (χ3v) is 5.88. The van der Waals surface area contributed by atoms with Crippen molar-refractivity contribution >= 4 is 22.5 Å². The van der Waals surface area contributed by atoms with E-state index in [-0.39, 0.29) is 12.0 Å². The Kier molecular flexibility index (Phi) is 6.57. The third kappa shape index (κ3) is 5.02. The zero-order valence-corrected chi connectivity index (χ0v) is 19.7. The lowest BCUT2D eigenvalue weighted by atomic mass is 10.1. The molecule has 0 unspecified atom stereocenters. The monoisotopic (exact) mass is 483 g/mol. The molecule has 0 amide bonds. The van der Waals surface area contributed by atoms with Crippen LogP contribution >= 0.6 is 0 Å². The van der Waals surface area contributed by atoms with Crippen LogP contribution in [-0.2, 0) is 13.6 Å². The maximum absolute atomic E-state index is 10.9. The molecule has 0 atom stereocenters. The number of hydrogen-bond acceptors (Lipinski definition) is 7. The van der Waals surface area contributed by atoms with Crippen LogP contribution in [0, 0.1) is 10.1 Å². The number of anilines is 1. The van der Waals surface area contributed by atoms with Gasteiger partial charge in [0, 0.05) is 48.1 Å². The van der Waals surface area contributed by atoms with E-state index in [0.717, 1.165) is 47.2 Å². The molecule has 36 heavy (non-hydrogen) atoms. The van der Waals surface area contributed by atoms with Gasteiger partial charge in [-0.1, -0.05) is 23.2 Å². The molecule has 0 aliphatic heterocycles. The second kappa shape index (κ2) is 10.3. The Bertz CT molecular complexity index is 1490. The Hall–Kier alpha value is -4.73. The molecular weight excluding hydrogens is 458 g/mol. The summed E-state index contributed by atoms with van der Waals surface area (Å²) in [5.74, 6) is 0.522. The largest absolute Gasteiger partial charge is 0.434 e. The lowest BCUT2D eigenvalue weighted by Gasteiger charge is -2.08. The van der Waals surface area contributed by atoms with Crippen LogP contribution in [0.1, 0.15) is 12.8 Å². The van der Waals surface area contributed by atoms with Crippen LogP contribution in [-0.4, -0.2) is 35.6 Å². The standard InChI is InChI=1S/C26H25N7O3/c1-31-18-22(21-6-2-3-7-24(21)31)23-12-14-28-25(30-23)36-20-10-8-19(9-11-20)27-13-4-5-16-32-17-15-29-26(32)33(34)35/h2-3,6-12,14-15,17-18,27H,4-5,13,16H2,1H3. The lowest BCUT2D eigenvalue weighted by Crippen LogP contribution is -2.06. The molecule has 5 aromatic rings. The molecule has 182 valence electrons. The average Bonchev–Trinajstić information content (AvgIpc) is 3.50. The van der Waals surface area contributed by atoms with Crippen LogP contribution in [0.2, 0.25) is 0 Å². The summed E-state index contributed by atoms with van der Waals surface area (Å²) in [5, 5.41) is 15.4. The van der Waals surface area contributed by atoms with Crippen molar-refractivity contribution in [2.45, 2.75) is 19.4 Å². The SMILES string of the molecule is Cn1cc(-c2ccnc(Oc3ccc(NCCCCn4ccnc4[N+](=O)[O-])cc3)n2)c2ccccc21. The smallest absolute Gasteiger partial charge is 0.424 e. The molecule has 0 bridgehead atoms. The van der Waals surface area contributed by atoms with E-state index in [4.69, 9.17) is 4.74 Å². The topological polar surface area (TPSA) is 113 Å². The number of hydrogen-bond donors (Lipinski definition) is 1. The number of aromatic nitrogens is 5. The fraction of sp³-hybridized carbons (Fsp3) is 0.192. The number of unbranched alkanes of at least 4 members (excludes halogenated alkanes) is 1. The number of nitrogens with one attached hydrogen (secondary N) is 1. The number of benzene rings is 2. The first-order chi connectivity index (χ1) is 17.6. The molecule has 0 radical (unpaired) electrons. The molecule has 0 aliphatic carbocycles. The van der Waals surface area contributed by atoms with E-state index < -0.39 is 4.92 Å². The van der Waals surface area contributed by atoms with Crippen LogP contribution in [0.25, 0.3) is 22.2 Å². The van der Waals surface area contributed by atoms with E-state index in [1.165, 1.54) is 6.20 Å². The predicted molar refractivity (Wildman–Crippen MR) is 137 cm³/mol. The summed E-state index contributed by atoms with van der Waals surface area (Å²) in [6, 6.07) is 18.0. The lowest BCUT2D eigenvalue weighted by molar-refractivity contribution is -0.396. The molecular formula is C26H25N7O3. The number of ether oxygens (including phenoxy) is 1. The van der Waals surface area contributed by atoms with Crippen molar-refractivity contribution in [3.63, 3.8) is 0 Å². The first-order valence-electron chi connectivity index (χ1n) is 11.6. The minimum atomic E-state index is -0.465. The average molecular weight is 484 g/mol. The molecule has 1 N–H and O–H groups in total. The van der Waals surface area contributed by atoms with E-state index in [0.29, 0.717) is 12.3 Å². The highest BCUT2D eigenvalue weighted by Gasteiger charge is 2.13. The van der Waals surface area contributed by atoms with Gasteiger partial charge in [-0.2, -0.15) is 4.98 Å². The quantitative estimate of drug-likeness (QED) is 0.160. The molecule has 0 saturated heterocycles. The van der Waals surface area contributed by atoms with Gasteiger partial charge in [0.2, 0.25) is 0 Å². The molecule has 5 rings (SSSR count). The van der Waals surface area contributed by atoms with Crippen LogP contribution < -0.4 is 10.1 Å².